The second kappa shape index (κ2) is 6.43. The lowest BCUT2D eigenvalue weighted by molar-refractivity contribution is -0.274. The van der Waals surface area contributed by atoms with Crippen molar-refractivity contribution in [1.82, 2.24) is 0 Å². The van der Waals surface area contributed by atoms with Crippen molar-refractivity contribution in [2.75, 3.05) is 11.9 Å². The molecule has 1 aliphatic carbocycles. The van der Waals surface area contributed by atoms with E-state index in [9.17, 15) is 18.3 Å². The van der Waals surface area contributed by atoms with Gasteiger partial charge in [0.2, 0.25) is 0 Å². The molecule has 122 valence electrons. The molecule has 0 spiro atoms. The molecular weight excluding hydrogens is 299 g/mol. The van der Waals surface area contributed by atoms with Gasteiger partial charge in [0.25, 0.3) is 0 Å². The lowest BCUT2D eigenvalue weighted by atomic mass is 10.0. The summed E-state index contributed by atoms with van der Waals surface area (Å²) in [5.41, 5.74) is 5.18. The largest absolute Gasteiger partial charge is 0.573 e. The minimum atomic E-state index is -4.75. The lowest BCUT2D eigenvalue weighted by Gasteiger charge is -2.19. The van der Waals surface area contributed by atoms with Gasteiger partial charge >= 0.3 is 6.36 Å². The Labute approximate surface area is 126 Å². The smallest absolute Gasteiger partial charge is 0.406 e. The van der Waals surface area contributed by atoms with Gasteiger partial charge in [-0.25, -0.2) is 0 Å². The van der Waals surface area contributed by atoms with Crippen molar-refractivity contribution >= 4 is 11.6 Å². The predicted molar refractivity (Wildman–Crippen MR) is 76.7 cm³/mol. The van der Waals surface area contributed by atoms with Gasteiger partial charge in [0, 0.05) is 11.8 Å². The first-order chi connectivity index (χ1) is 10.3. The van der Waals surface area contributed by atoms with Crippen LogP contribution in [0.2, 0.25) is 0 Å². The summed E-state index contributed by atoms with van der Waals surface area (Å²) >= 11 is 0. The van der Waals surface area contributed by atoms with E-state index in [1.807, 2.05) is 0 Å². The number of nitrogens with one attached hydrogen (secondary N) is 1. The van der Waals surface area contributed by atoms with E-state index in [0.717, 1.165) is 12.8 Å². The van der Waals surface area contributed by atoms with Crippen LogP contribution >= 0.6 is 0 Å². The first-order valence-corrected chi connectivity index (χ1v) is 6.91. The Balaban J connectivity index is 1.96. The molecule has 0 unspecified atom stereocenters. The van der Waals surface area contributed by atoms with Gasteiger partial charge in [-0.2, -0.15) is 0 Å². The van der Waals surface area contributed by atoms with Crippen LogP contribution in [-0.2, 0) is 0 Å². The SMILES string of the molecule is NC(=NCC1(O)CCCC1)Nc1cccc(OC(F)(F)F)c1. The molecule has 0 amide bonds. The summed E-state index contributed by atoms with van der Waals surface area (Å²) in [6.07, 6.45) is -1.48. The molecule has 2 rings (SSSR count). The van der Waals surface area contributed by atoms with Crippen LogP contribution in [0.3, 0.4) is 0 Å². The molecule has 1 aliphatic rings. The average molecular weight is 317 g/mol. The Morgan fingerprint density at radius 1 is 1.36 bits per heavy atom. The Morgan fingerprint density at radius 2 is 2.05 bits per heavy atom. The van der Waals surface area contributed by atoms with Gasteiger partial charge in [-0.05, 0) is 25.0 Å². The van der Waals surface area contributed by atoms with E-state index in [-0.39, 0.29) is 18.3 Å². The average Bonchev–Trinajstić information content (AvgIpc) is 2.82. The molecule has 4 N–H and O–H groups in total. The molecule has 1 saturated carbocycles. The van der Waals surface area contributed by atoms with E-state index in [1.54, 1.807) is 0 Å². The van der Waals surface area contributed by atoms with E-state index in [2.05, 4.69) is 15.0 Å². The molecule has 0 aliphatic heterocycles. The molecule has 0 atom stereocenters. The summed E-state index contributed by atoms with van der Waals surface area (Å²) in [5, 5.41) is 12.8. The molecule has 0 heterocycles. The van der Waals surface area contributed by atoms with Gasteiger partial charge in [0.05, 0.1) is 12.1 Å². The molecule has 0 bridgehead atoms. The maximum Gasteiger partial charge on any atom is 0.573 e. The van der Waals surface area contributed by atoms with Crippen molar-refractivity contribution < 1.29 is 23.0 Å². The van der Waals surface area contributed by atoms with Gasteiger partial charge in [0.1, 0.15) is 5.75 Å². The summed E-state index contributed by atoms with van der Waals surface area (Å²) in [5.74, 6) is -0.316. The van der Waals surface area contributed by atoms with Gasteiger partial charge in [-0.1, -0.05) is 18.9 Å². The Morgan fingerprint density at radius 3 is 2.68 bits per heavy atom. The molecule has 8 heteroatoms. The van der Waals surface area contributed by atoms with Crippen molar-refractivity contribution in [2.45, 2.75) is 37.6 Å². The number of anilines is 1. The van der Waals surface area contributed by atoms with Crippen molar-refractivity contribution in [2.24, 2.45) is 10.7 Å². The number of hydrogen-bond donors (Lipinski definition) is 3. The highest BCUT2D eigenvalue weighted by molar-refractivity contribution is 5.92. The van der Waals surface area contributed by atoms with Crippen LogP contribution in [-0.4, -0.2) is 29.6 Å². The van der Waals surface area contributed by atoms with Crippen molar-refractivity contribution in [3.8, 4) is 5.75 Å². The summed E-state index contributed by atoms with van der Waals surface area (Å²) in [7, 11) is 0. The van der Waals surface area contributed by atoms with Crippen LogP contribution in [0.15, 0.2) is 29.3 Å². The molecular formula is C14H18F3N3O2. The second-order valence-corrected chi connectivity index (χ2v) is 5.33. The van der Waals surface area contributed by atoms with Crippen LogP contribution in [0.5, 0.6) is 5.75 Å². The molecule has 0 aromatic heterocycles. The zero-order valence-electron chi connectivity index (χ0n) is 11.9. The van der Waals surface area contributed by atoms with E-state index < -0.39 is 12.0 Å². The third kappa shape index (κ3) is 5.10. The van der Waals surface area contributed by atoms with Crippen LogP contribution in [0.25, 0.3) is 0 Å². The van der Waals surface area contributed by atoms with E-state index in [4.69, 9.17) is 5.73 Å². The number of ether oxygens (including phenoxy) is 1. The van der Waals surface area contributed by atoms with Crippen molar-refractivity contribution in [3.63, 3.8) is 0 Å². The lowest BCUT2D eigenvalue weighted by Crippen LogP contribution is -2.31. The third-order valence-corrected chi connectivity index (χ3v) is 3.42. The number of benzene rings is 1. The van der Waals surface area contributed by atoms with E-state index in [0.29, 0.717) is 18.5 Å². The number of alkyl halides is 3. The number of aliphatic imine (C=N–C) groups is 1. The van der Waals surface area contributed by atoms with Crippen molar-refractivity contribution in [3.05, 3.63) is 24.3 Å². The molecule has 22 heavy (non-hydrogen) atoms. The number of guanidine groups is 1. The minimum Gasteiger partial charge on any atom is -0.406 e. The maximum absolute atomic E-state index is 12.2. The van der Waals surface area contributed by atoms with Gasteiger partial charge in [0.15, 0.2) is 5.96 Å². The summed E-state index contributed by atoms with van der Waals surface area (Å²) < 4.78 is 40.3. The first kappa shape index (κ1) is 16.4. The zero-order valence-corrected chi connectivity index (χ0v) is 11.9. The summed E-state index contributed by atoms with van der Waals surface area (Å²) in [6.45, 7) is 0.171. The monoisotopic (exact) mass is 317 g/mol. The summed E-state index contributed by atoms with van der Waals surface area (Å²) in [6, 6.07) is 5.30. The second-order valence-electron chi connectivity index (χ2n) is 5.33. The fourth-order valence-electron chi connectivity index (χ4n) is 2.38. The number of nitrogens with two attached hydrogens (primary N) is 1. The first-order valence-electron chi connectivity index (χ1n) is 6.91. The molecule has 5 nitrogen and oxygen atoms in total. The number of nitrogens with zero attached hydrogens (tertiary/aromatic N) is 1. The highest BCUT2D eigenvalue weighted by Crippen LogP contribution is 2.29. The molecule has 0 saturated heterocycles. The summed E-state index contributed by atoms with van der Waals surface area (Å²) in [4.78, 5) is 4.05. The molecule has 1 aromatic rings. The van der Waals surface area contributed by atoms with Crippen LogP contribution in [0, 0.1) is 0 Å². The molecule has 0 radical (unpaired) electrons. The molecule has 1 fully saturated rings. The Hall–Kier alpha value is -1.96. The number of aliphatic hydroxyl groups is 1. The van der Waals surface area contributed by atoms with Crippen LogP contribution in [0.4, 0.5) is 18.9 Å². The van der Waals surface area contributed by atoms with Crippen LogP contribution < -0.4 is 15.8 Å². The van der Waals surface area contributed by atoms with Gasteiger partial charge < -0.3 is 20.9 Å². The fourth-order valence-corrected chi connectivity index (χ4v) is 2.38. The van der Waals surface area contributed by atoms with Crippen LogP contribution in [0.1, 0.15) is 25.7 Å². The normalized spacial score (nSPS) is 18.3. The van der Waals surface area contributed by atoms with E-state index in [1.165, 1.54) is 24.3 Å². The number of rotatable bonds is 4. The topological polar surface area (TPSA) is 79.9 Å². The molecule has 1 aromatic carbocycles. The van der Waals surface area contributed by atoms with E-state index >= 15 is 0 Å². The highest BCUT2D eigenvalue weighted by atomic mass is 19.4. The standard InChI is InChI=1S/C14H18F3N3O2/c15-14(16,17)22-11-5-3-4-10(8-11)20-12(18)19-9-13(21)6-1-2-7-13/h3-5,8,21H,1-2,6-7,9H2,(H3,18,19,20). The maximum atomic E-state index is 12.2. The Kier molecular flexibility index (Phi) is 4.80. The highest BCUT2D eigenvalue weighted by Gasteiger charge is 2.31. The quantitative estimate of drug-likeness (QED) is 0.589. The number of hydrogen-bond acceptors (Lipinski definition) is 3. The Bertz CT molecular complexity index is 540. The fraction of sp³-hybridized carbons (Fsp3) is 0.500. The number of halogens is 3. The predicted octanol–water partition coefficient (Wildman–Crippen LogP) is 2.62. The van der Waals surface area contributed by atoms with Crippen molar-refractivity contribution in [1.29, 1.82) is 0 Å². The third-order valence-electron chi connectivity index (χ3n) is 3.42. The minimum absolute atomic E-state index is 0.0319. The van der Waals surface area contributed by atoms with Gasteiger partial charge in [-0.3, -0.25) is 4.99 Å². The van der Waals surface area contributed by atoms with Gasteiger partial charge in [-0.15, -0.1) is 13.2 Å². The zero-order chi connectivity index (χ0) is 16.2.